The Morgan fingerprint density at radius 2 is 1.95 bits per heavy atom. The highest BCUT2D eigenvalue weighted by atomic mass is 79.9. The molecule has 1 fully saturated rings. The number of anilines is 2. The minimum absolute atomic E-state index is 0.580. The molecule has 1 aliphatic heterocycles. The van der Waals surface area contributed by atoms with Gasteiger partial charge in [0.25, 0.3) is 0 Å². The summed E-state index contributed by atoms with van der Waals surface area (Å²) in [7, 11) is 0. The van der Waals surface area contributed by atoms with Crippen LogP contribution >= 0.6 is 27.3 Å². The number of piperazine rings is 1. The fraction of sp³-hybridized carbons (Fsp3) is 0.357. The lowest BCUT2D eigenvalue weighted by Gasteiger charge is -2.36. The zero-order valence-corrected chi connectivity index (χ0v) is 13.5. The summed E-state index contributed by atoms with van der Waals surface area (Å²) in [6, 6.07) is 6.38. The lowest BCUT2D eigenvalue weighted by Crippen LogP contribution is -2.46. The van der Waals surface area contributed by atoms with E-state index in [9.17, 15) is 0 Å². The Morgan fingerprint density at radius 3 is 2.55 bits per heavy atom. The van der Waals surface area contributed by atoms with E-state index in [0.29, 0.717) is 6.54 Å². The van der Waals surface area contributed by atoms with Gasteiger partial charge in [0.05, 0.1) is 5.69 Å². The van der Waals surface area contributed by atoms with E-state index in [1.54, 1.807) is 11.3 Å². The third-order valence-electron chi connectivity index (χ3n) is 3.56. The number of thiazole rings is 1. The van der Waals surface area contributed by atoms with Gasteiger partial charge in [0, 0.05) is 48.8 Å². The summed E-state index contributed by atoms with van der Waals surface area (Å²) in [6.07, 6.45) is 1.87. The van der Waals surface area contributed by atoms with Gasteiger partial charge in [-0.2, -0.15) is 0 Å². The molecule has 1 aliphatic rings. The maximum Gasteiger partial charge on any atom is 0.185 e. The SMILES string of the molecule is NCc1ccc(N2CCN(c3nccs3)CC2)c(Br)c1. The number of nitrogens with two attached hydrogens (primary N) is 1. The molecule has 0 bridgehead atoms. The molecule has 2 aromatic rings. The van der Waals surface area contributed by atoms with Gasteiger partial charge in [-0.1, -0.05) is 6.07 Å². The summed E-state index contributed by atoms with van der Waals surface area (Å²) < 4.78 is 1.13. The van der Waals surface area contributed by atoms with E-state index in [1.807, 2.05) is 11.6 Å². The van der Waals surface area contributed by atoms with E-state index >= 15 is 0 Å². The first-order valence-electron chi connectivity index (χ1n) is 6.66. The van der Waals surface area contributed by atoms with Crippen LogP contribution in [-0.4, -0.2) is 31.2 Å². The topological polar surface area (TPSA) is 45.4 Å². The molecular formula is C14H17BrN4S. The van der Waals surface area contributed by atoms with Gasteiger partial charge in [-0.05, 0) is 33.6 Å². The molecule has 0 saturated carbocycles. The second-order valence-electron chi connectivity index (χ2n) is 4.78. The summed E-state index contributed by atoms with van der Waals surface area (Å²) in [6.45, 7) is 4.63. The molecule has 1 saturated heterocycles. The van der Waals surface area contributed by atoms with E-state index in [-0.39, 0.29) is 0 Å². The molecule has 0 aliphatic carbocycles. The molecule has 3 rings (SSSR count). The van der Waals surface area contributed by atoms with Crippen LogP contribution in [0.15, 0.2) is 34.2 Å². The fourth-order valence-corrected chi connectivity index (χ4v) is 3.82. The lowest BCUT2D eigenvalue weighted by molar-refractivity contribution is 0.651. The summed E-state index contributed by atoms with van der Waals surface area (Å²) in [5.74, 6) is 0. The number of hydrogen-bond acceptors (Lipinski definition) is 5. The molecule has 0 unspecified atom stereocenters. The number of halogens is 1. The minimum atomic E-state index is 0.580. The molecule has 2 N–H and O–H groups in total. The largest absolute Gasteiger partial charge is 0.367 e. The molecule has 1 aromatic heterocycles. The zero-order chi connectivity index (χ0) is 13.9. The number of aromatic nitrogens is 1. The highest BCUT2D eigenvalue weighted by Crippen LogP contribution is 2.29. The predicted molar refractivity (Wildman–Crippen MR) is 88.6 cm³/mol. The number of hydrogen-bond donors (Lipinski definition) is 1. The Kier molecular flexibility index (Phi) is 4.24. The number of rotatable bonds is 3. The third kappa shape index (κ3) is 2.82. The quantitative estimate of drug-likeness (QED) is 0.922. The second kappa shape index (κ2) is 6.11. The standard InChI is InChI=1S/C14H17BrN4S/c15-12-9-11(10-16)1-2-13(12)18-4-6-19(7-5-18)14-17-3-8-20-14/h1-3,8-9H,4-7,10,16H2. The molecular weight excluding hydrogens is 336 g/mol. The molecule has 20 heavy (non-hydrogen) atoms. The monoisotopic (exact) mass is 352 g/mol. The van der Waals surface area contributed by atoms with Gasteiger partial charge in [-0.3, -0.25) is 0 Å². The average molecular weight is 353 g/mol. The maximum absolute atomic E-state index is 5.67. The number of benzene rings is 1. The van der Waals surface area contributed by atoms with E-state index in [1.165, 1.54) is 5.69 Å². The van der Waals surface area contributed by atoms with E-state index in [0.717, 1.165) is 41.3 Å². The summed E-state index contributed by atoms with van der Waals surface area (Å²) in [5, 5.41) is 3.16. The second-order valence-corrected chi connectivity index (χ2v) is 6.51. The van der Waals surface area contributed by atoms with Gasteiger partial charge in [0.15, 0.2) is 5.13 Å². The highest BCUT2D eigenvalue weighted by Gasteiger charge is 2.20. The molecule has 0 radical (unpaired) electrons. The first-order chi connectivity index (χ1) is 9.78. The van der Waals surface area contributed by atoms with Crippen molar-refractivity contribution in [1.82, 2.24) is 4.98 Å². The fourth-order valence-electron chi connectivity index (χ4n) is 2.44. The van der Waals surface area contributed by atoms with Crippen LogP contribution in [-0.2, 0) is 6.54 Å². The van der Waals surface area contributed by atoms with Gasteiger partial charge >= 0.3 is 0 Å². The molecule has 4 nitrogen and oxygen atoms in total. The van der Waals surface area contributed by atoms with Gasteiger partial charge in [-0.25, -0.2) is 4.98 Å². The summed E-state index contributed by atoms with van der Waals surface area (Å²) >= 11 is 5.36. The first-order valence-corrected chi connectivity index (χ1v) is 8.33. The first kappa shape index (κ1) is 13.9. The zero-order valence-electron chi connectivity index (χ0n) is 11.1. The average Bonchev–Trinajstić information content (AvgIpc) is 3.01. The van der Waals surface area contributed by atoms with Crippen molar-refractivity contribution < 1.29 is 0 Å². The van der Waals surface area contributed by atoms with Crippen LogP contribution in [0.5, 0.6) is 0 Å². The van der Waals surface area contributed by atoms with Crippen LogP contribution in [0.1, 0.15) is 5.56 Å². The Labute approximate surface area is 131 Å². The van der Waals surface area contributed by atoms with Crippen LogP contribution in [0, 0.1) is 0 Å². The van der Waals surface area contributed by atoms with Gasteiger partial charge in [0.1, 0.15) is 0 Å². The van der Waals surface area contributed by atoms with Gasteiger partial charge < -0.3 is 15.5 Å². The van der Waals surface area contributed by atoms with Gasteiger partial charge in [0.2, 0.25) is 0 Å². The summed E-state index contributed by atoms with van der Waals surface area (Å²) in [4.78, 5) is 9.14. The van der Waals surface area contributed by atoms with Crippen molar-refractivity contribution in [2.75, 3.05) is 36.0 Å². The van der Waals surface area contributed by atoms with E-state index < -0.39 is 0 Å². The Balaban J connectivity index is 1.69. The Bertz CT molecular complexity index is 565. The van der Waals surface area contributed by atoms with Crippen molar-refractivity contribution in [3.05, 3.63) is 39.8 Å². The van der Waals surface area contributed by atoms with E-state index in [4.69, 9.17) is 5.73 Å². The lowest BCUT2D eigenvalue weighted by atomic mass is 10.2. The molecule has 0 spiro atoms. The molecule has 1 aromatic carbocycles. The van der Waals surface area contributed by atoms with Crippen LogP contribution in [0.3, 0.4) is 0 Å². The highest BCUT2D eigenvalue weighted by molar-refractivity contribution is 9.10. The molecule has 0 atom stereocenters. The van der Waals surface area contributed by atoms with Crippen LogP contribution in [0.4, 0.5) is 10.8 Å². The molecule has 106 valence electrons. The smallest absolute Gasteiger partial charge is 0.185 e. The number of nitrogens with zero attached hydrogens (tertiary/aromatic N) is 3. The molecule has 6 heteroatoms. The van der Waals surface area contributed by atoms with Crippen molar-refractivity contribution in [2.24, 2.45) is 5.73 Å². The van der Waals surface area contributed by atoms with Crippen molar-refractivity contribution in [3.8, 4) is 0 Å². The van der Waals surface area contributed by atoms with Crippen molar-refractivity contribution >= 4 is 38.1 Å². The van der Waals surface area contributed by atoms with Crippen LogP contribution < -0.4 is 15.5 Å². The third-order valence-corrected chi connectivity index (χ3v) is 5.03. The van der Waals surface area contributed by atoms with Crippen molar-refractivity contribution in [3.63, 3.8) is 0 Å². The minimum Gasteiger partial charge on any atom is -0.367 e. The molecule has 0 amide bonds. The Hall–Kier alpha value is -1.11. The van der Waals surface area contributed by atoms with Crippen LogP contribution in [0.2, 0.25) is 0 Å². The van der Waals surface area contributed by atoms with Crippen molar-refractivity contribution in [2.45, 2.75) is 6.54 Å². The predicted octanol–water partition coefficient (Wildman–Crippen LogP) is 2.69. The van der Waals surface area contributed by atoms with Crippen molar-refractivity contribution in [1.29, 1.82) is 0 Å². The maximum atomic E-state index is 5.67. The van der Waals surface area contributed by atoms with Gasteiger partial charge in [-0.15, -0.1) is 11.3 Å². The van der Waals surface area contributed by atoms with Crippen LogP contribution in [0.25, 0.3) is 0 Å². The Morgan fingerprint density at radius 1 is 1.20 bits per heavy atom. The van der Waals surface area contributed by atoms with E-state index in [2.05, 4.69) is 48.9 Å². The normalized spacial score (nSPS) is 15.7. The summed E-state index contributed by atoms with van der Waals surface area (Å²) in [5.41, 5.74) is 8.08. The molecule has 2 heterocycles.